The average Bonchev–Trinajstić information content (AvgIpc) is 2.98. The van der Waals surface area contributed by atoms with Crippen molar-refractivity contribution in [1.82, 2.24) is 9.97 Å². The van der Waals surface area contributed by atoms with Gasteiger partial charge in [0.25, 0.3) is 0 Å². The predicted molar refractivity (Wildman–Crippen MR) is 51.6 cm³/mol. The first kappa shape index (κ1) is 8.44. The molecule has 1 aromatic heterocycles. The molecule has 1 aliphatic rings. The molecule has 0 spiro atoms. The molecule has 1 aromatic rings. The van der Waals surface area contributed by atoms with Crippen LogP contribution in [0.5, 0.6) is 0 Å². The van der Waals surface area contributed by atoms with Gasteiger partial charge in [0.1, 0.15) is 12.1 Å². The molecular formula is C9H14N4. The lowest BCUT2D eigenvalue weighted by Gasteiger charge is -2.04. The number of hydrogen-bond donors (Lipinski definition) is 2. The van der Waals surface area contributed by atoms with E-state index in [1.165, 1.54) is 12.8 Å². The third kappa shape index (κ3) is 2.15. The first-order valence-corrected chi connectivity index (χ1v) is 4.66. The lowest BCUT2D eigenvalue weighted by molar-refractivity contribution is 0.964. The molecule has 13 heavy (non-hydrogen) atoms. The maximum absolute atomic E-state index is 5.38. The van der Waals surface area contributed by atoms with Crippen LogP contribution in [-0.4, -0.2) is 23.1 Å². The Hall–Kier alpha value is -1.16. The van der Waals surface area contributed by atoms with Gasteiger partial charge in [0.15, 0.2) is 0 Å². The summed E-state index contributed by atoms with van der Waals surface area (Å²) in [7, 11) is 0. The van der Waals surface area contributed by atoms with Gasteiger partial charge in [0.2, 0.25) is 0 Å². The second kappa shape index (κ2) is 3.70. The molecular weight excluding hydrogens is 164 g/mol. The molecule has 0 aromatic carbocycles. The summed E-state index contributed by atoms with van der Waals surface area (Å²) in [4.78, 5) is 8.34. The Kier molecular flexibility index (Phi) is 2.40. The largest absolute Gasteiger partial charge is 0.369 e. The highest BCUT2D eigenvalue weighted by Crippen LogP contribution is 2.39. The van der Waals surface area contributed by atoms with Crippen molar-refractivity contribution in [1.29, 1.82) is 0 Å². The van der Waals surface area contributed by atoms with E-state index < -0.39 is 0 Å². The summed E-state index contributed by atoms with van der Waals surface area (Å²) in [5.74, 6) is 1.57. The second-order valence-corrected chi connectivity index (χ2v) is 3.32. The van der Waals surface area contributed by atoms with E-state index in [0.717, 1.165) is 18.1 Å². The Morgan fingerprint density at radius 1 is 1.46 bits per heavy atom. The topological polar surface area (TPSA) is 63.8 Å². The van der Waals surface area contributed by atoms with E-state index in [4.69, 9.17) is 5.73 Å². The molecule has 1 saturated carbocycles. The number of nitrogens with zero attached hydrogens (tertiary/aromatic N) is 2. The number of anilines is 1. The van der Waals surface area contributed by atoms with Gasteiger partial charge in [-0.15, -0.1) is 0 Å². The van der Waals surface area contributed by atoms with E-state index in [2.05, 4.69) is 15.3 Å². The maximum atomic E-state index is 5.38. The molecule has 0 unspecified atom stereocenters. The zero-order chi connectivity index (χ0) is 9.10. The van der Waals surface area contributed by atoms with E-state index in [-0.39, 0.29) is 0 Å². The summed E-state index contributed by atoms with van der Waals surface area (Å²) in [6.45, 7) is 1.39. The number of aromatic nitrogens is 2. The summed E-state index contributed by atoms with van der Waals surface area (Å²) >= 11 is 0. The van der Waals surface area contributed by atoms with E-state index in [9.17, 15) is 0 Å². The molecule has 3 N–H and O–H groups in total. The van der Waals surface area contributed by atoms with Crippen LogP contribution in [0.2, 0.25) is 0 Å². The summed E-state index contributed by atoms with van der Waals surface area (Å²) in [6, 6.07) is 2.02. The molecule has 4 nitrogen and oxygen atoms in total. The predicted octanol–water partition coefficient (Wildman–Crippen LogP) is 0.725. The Morgan fingerprint density at radius 3 is 3.00 bits per heavy atom. The highest BCUT2D eigenvalue weighted by molar-refractivity contribution is 5.36. The van der Waals surface area contributed by atoms with Crippen molar-refractivity contribution in [3.05, 3.63) is 18.1 Å². The number of nitrogens with one attached hydrogen (secondary N) is 1. The van der Waals surface area contributed by atoms with Gasteiger partial charge in [0, 0.05) is 30.8 Å². The molecule has 2 rings (SSSR count). The van der Waals surface area contributed by atoms with Crippen molar-refractivity contribution < 1.29 is 0 Å². The number of hydrogen-bond acceptors (Lipinski definition) is 4. The van der Waals surface area contributed by atoms with Crippen molar-refractivity contribution in [3.8, 4) is 0 Å². The summed E-state index contributed by atoms with van der Waals surface area (Å²) in [5.41, 5.74) is 6.54. The van der Waals surface area contributed by atoms with Gasteiger partial charge in [-0.1, -0.05) is 0 Å². The van der Waals surface area contributed by atoms with Gasteiger partial charge in [-0.2, -0.15) is 0 Å². The van der Waals surface area contributed by atoms with Gasteiger partial charge >= 0.3 is 0 Å². The Labute approximate surface area is 77.6 Å². The van der Waals surface area contributed by atoms with Crippen LogP contribution >= 0.6 is 0 Å². The number of rotatable bonds is 4. The lowest BCUT2D eigenvalue weighted by atomic mass is 10.3. The smallest absolute Gasteiger partial charge is 0.129 e. The summed E-state index contributed by atoms with van der Waals surface area (Å²) in [5, 5.41) is 3.14. The second-order valence-electron chi connectivity index (χ2n) is 3.32. The third-order valence-corrected chi connectivity index (χ3v) is 2.13. The Bertz CT molecular complexity index is 283. The minimum absolute atomic E-state index is 0.628. The quantitative estimate of drug-likeness (QED) is 0.713. The molecule has 1 aliphatic carbocycles. The van der Waals surface area contributed by atoms with E-state index >= 15 is 0 Å². The van der Waals surface area contributed by atoms with E-state index in [0.29, 0.717) is 12.5 Å². The molecule has 0 atom stereocenters. The monoisotopic (exact) mass is 178 g/mol. The van der Waals surface area contributed by atoms with Crippen LogP contribution in [0.4, 0.5) is 5.82 Å². The highest BCUT2D eigenvalue weighted by atomic mass is 15.0. The standard InChI is InChI=1S/C9H14N4/c10-3-4-11-9-5-8(7-1-2-7)12-6-13-9/h5-7H,1-4,10H2,(H,11,12,13). The minimum atomic E-state index is 0.628. The molecule has 0 radical (unpaired) electrons. The molecule has 1 heterocycles. The van der Waals surface area contributed by atoms with Crippen LogP contribution in [0.1, 0.15) is 24.5 Å². The minimum Gasteiger partial charge on any atom is -0.369 e. The summed E-state index contributed by atoms with van der Waals surface area (Å²) in [6.07, 6.45) is 4.16. The van der Waals surface area contributed by atoms with Crippen LogP contribution < -0.4 is 11.1 Å². The van der Waals surface area contributed by atoms with Crippen LogP contribution in [0.3, 0.4) is 0 Å². The summed E-state index contributed by atoms with van der Waals surface area (Å²) < 4.78 is 0. The fraction of sp³-hybridized carbons (Fsp3) is 0.556. The SMILES string of the molecule is NCCNc1cc(C2CC2)ncn1. The molecule has 0 aliphatic heterocycles. The van der Waals surface area contributed by atoms with Gasteiger partial charge in [-0.3, -0.25) is 0 Å². The van der Waals surface area contributed by atoms with Crippen LogP contribution in [0.25, 0.3) is 0 Å². The zero-order valence-corrected chi connectivity index (χ0v) is 7.53. The Morgan fingerprint density at radius 2 is 2.31 bits per heavy atom. The van der Waals surface area contributed by atoms with Crippen molar-refractivity contribution in [2.45, 2.75) is 18.8 Å². The third-order valence-electron chi connectivity index (χ3n) is 2.13. The highest BCUT2D eigenvalue weighted by Gasteiger charge is 2.25. The van der Waals surface area contributed by atoms with Gasteiger partial charge in [-0.25, -0.2) is 9.97 Å². The van der Waals surface area contributed by atoms with E-state index in [1.807, 2.05) is 6.07 Å². The fourth-order valence-electron chi connectivity index (χ4n) is 1.27. The first-order valence-electron chi connectivity index (χ1n) is 4.66. The molecule has 1 fully saturated rings. The van der Waals surface area contributed by atoms with Crippen LogP contribution in [-0.2, 0) is 0 Å². The first-order chi connectivity index (χ1) is 6.40. The van der Waals surface area contributed by atoms with Crippen LogP contribution in [0.15, 0.2) is 12.4 Å². The van der Waals surface area contributed by atoms with Crippen LogP contribution in [0, 0.1) is 0 Å². The normalized spacial score (nSPS) is 15.8. The van der Waals surface area contributed by atoms with Gasteiger partial charge < -0.3 is 11.1 Å². The molecule has 70 valence electrons. The zero-order valence-electron chi connectivity index (χ0n) is 7.53. The van der Waals surface area contributed by atoms with Crippen molar-refractivity contribution in [2.24, 2.45) is 5.73 Å². The molecule has 0 saturated heterocycles. The molecule has 4 heteroatoms. The average molecular weight is 178 g/mol. The van der Waals surface area contributed by atoms with Gasteiger partial charge in [-0.05, 0) is 12.8 Å². The molecule has 0 bridgehead atoms. The van der Waals surface area contributed by atoms with Crippen molar-refractivity contribution in [2.75, 3.05) is 18.4 Å². The molecule has 0 amide bonds. The van der Waals surface area contributed by atoms with Crippen molar-refractivity contribution in [3.63, 3.8) is 0 Å². The fourth-order valence-corrected chi connectivity index (χ4v) is 1.27. The number of nitrogens with two attached hydrogens (primary N) is 1. The Balaban J connectivity index is 2.03. The van der Waals surface area contributed by atoms with E-state index in [1.54, 1.807) is 6.33 Å². The van der Waals surface area contributed by atoms with Crippen molar-refractivity contribution >= 4 is 5.82 Å². The maximum Gasteiger partial charge on any atom is 0.129 e. The van der Waals surface area contributed by atoms with Gasteiger partial charge in [0.05, 0.1) is 0 Å². The lowest BCUT2D eigenvalue weighted by Crippen LogP contribution is -2.14.